The Morgan fingerprint density at radius 2 is 2.21 bits per heavy atom. The molecule has 3 N–H and O–H groups in total. The number of aromatic nitrogens is 3. The summed E-state index contributed by atoms with van der Waals surface area (Å²) in [6.07, 6.45) is 2.97. The summed E-state index contributed by atoms with van der Waals surface area (Å²) in [5.74, 6) is 0.288. The summed E-state index contributed by atoms with van der Waals surface area (Å²) in [6.45, 7) is 0.122. The molecular weight excluding hydrogens is 338 g/mol. The topological polar surface area (TPSA) is 124 Å². The zero-order valence-corrected chi connectivity index (χ0v) is 12.0. The van der Waals surface area contributed by atoms with Gasteiger partial charge in [-0.15, -0.1) is 0 Å². The maximum atomic E-state index is 12.0. The zero-order valence-electron chi connectivity index (χ0n) is 9.58. The second-order valence-corrected chi connectivity index (χ2v) is 6.17. The van der Waals surface area contributed by atoms with E-state index in [-0.39, 0.29) is 17.3 Å². The van der Waals surface area contributed by atoms with E-state index < -0.39 is 10.0 Å². The van der Waals surface area contributed by atoms with Gasteiger partial charge in [-0.1, -0.05) is 5.16 Å². The lowest BCUT2D eigenvalue weighted by atomic mass is 10.4. The number of nitrogens with one attached hydrogen (secondary N) is 1. The number of nitrogen functional groups attached to an aromatic ring is 1. The van der Waals surface area contributed by atoms with E-state index in [1.807, 2.05) is 0 Å². The van der Waals surface area contributed by atoms with Gasteiger partial charge < -0.3 is 10.3 Å². The molecule has 2 aromatic rings. The Bertz CT molecular complexity index is 658. The predicted octanol–water partition coefficient (Wildman–Crippen LogP) is 0.330. The minimum atomic E-state index is -3.72. The number of rotatable bonds is 5. The second-order valence-electron chi connectivity index (χ2n) is 3.52. The molecule has 0 saturated carbocycles. The van der Waals surface area contributed by atoms with Crippen molar-refractivity contribution in [1.29, 1.82) is 0 Å². The monoisotopic (exact) mass is 347 g/mol. The van der Waals surface area contributed by atoms with Gasteiger partial charge in [-0.25, -0.2) is 18.1 Å². The van der Waals surface area contributed by atoms with Crippen LogP contribution in [-0.4, -0.2) is 30.1 Å². The van der Waals surface area contributed by atoms with Crippen LogP contribution in [0, 0.1) is 0 Å². The molecule has 8 nitrogen and oxygen atoms in total. The lowest BCUT2D eigenvalue weighted by Crippen LogP contribution is -2.27. The molecule has 2 aromatic heterocycles. The highest BCUT2D eigenvalue weighted by Crippen LogP contribution is 2.20. The van der Waals surface area contributed by atoms with Crippen LogP contribution < -0.4 is 10.5 Å². The molecule has 0 aliphatic carbocycles. The van der Waals surface area contributed by atoms with Crippen molar-refractivity contribution in [2.45, 2.75) is 11.3 Å². The van der Waals surface area contributed by atoms with Gasteiger partial charge in [-0.3, -0.25) is 0 Å². The largest absolute Gasteiger partial charge is 0.383 e. The van der Waals surface area contributed by atoms with E-state index in [0.717, 1.165) is 0 Å². The summed E-state index contributed by atoms with van der Waals surface area (Å²) in [5.41, 5.74) is 5.55. The van der Waals surface area contributed by atoms with Crippen molar-refractivity contribution in [2.24, 2.45) is 0 Å². The van der Waals surface area contributed by atoms with Crippen LogP contribution in [-0.2, 0) is 16.4 Å². The van der Waals surface area contributed by atoms with Crippen molar-refractivity contribution >= 4 is 31.8 Å². The first kappa shape index (κ1) is 13.9. The first-order valence-electron chi connectivity index (χ1n) is 5.15. The van der Waals surface area contributed by atoms with Gasteiger partial charge in [0.15, 0.2) is 6.33 Å². The van der Waals surface area contributed by atoms with E-state index in [0.29, 0.717) is 16.8 Å². The maximum absolute atomic E-state index is 12.0. The van der Waals surface area contributed by atoms with Crippen molar-refractivity contribution in [2.75, 3.05) is 12.3 Å². The molecule has 0 bridgehead atoms. The minimum absolute atomic E-state index is 0.0616. The van der Waals surface area contributed by atoms with Gasteiger partial charge in [-0.05, 0) is 22.0 Å². The third-order valence-corrected chi connectivity index (χ3v) is 4.10. The molecule has 2 rings (SSSR count). The van der Waals surface area contributed by atoms with Crippen LogP contribution >= 0.6 is 15.9 Å². The highest BCUT2D eigenvalue weighted by atomic mass is 79.9. The molecule has 0 radical (unpaired) electrons. The fourth-order valence-electron chi connectivity index (χ4n) is 1.32. The highest BCUT2D eigenvalue weighted by Gasteiger charge is 2.18. The average Bonchev–Trinajstić information content (AvgIpc) is 2.85. The molecule has 0 aliphatic rings. The Kier molecular flexibility index (Phi) is 4.12. The first-order chi connectivity index (χ1) is 8.99. The first-order valence-corrected chi connectivity index (χ1v) is 7.43. The molecule has 0 spiro atoms. The van der Waals surface area contributed by atoms with E-state index >= 15 is 0 Å². The number of pyridine rings is 1. The molecule has 0 saturated heterocycles. The van der Waals surface area contributed by atoms with Gasteiger partial charge in [0, 0.05) is 23.6 Å². The number of sulfonamides is 1. The second kappa shape index (κ2) is 5.63. The predicted molar refractivity (Wildman–Crippen MR) is 69.5 cm³/mol. The average molecular weight is 348 g/mol. The van der Waals surface area contributed by atoms with Crippen molar-refractivity contribution in [3.05, 3.63) is 29.0 Å². The van der Waals surface area contributed by atoms with Gasteiger partial charge in [0.1, 0.15) is 10.7 Å². The molecule has 0 aliphatic heterocycles. The zero-order chi connectivity index (χ0) is 13.9. The Hall–Kier alpha value is -1.52. The normalized spacial score (nSPS) is 11.6. The van der Waals surface area contributed by atoms with E-state index in [1.165, 1.54) is 18.6 Å². The summed E-state index contributed by atoms with van der Waals surface area (Å²) < 4.78 is 31.7. The summed E-state index contributed by atoms with van der Waals surface area (Å²) in [4.78, 5) is 7.48. The van der Waals surface area contributed by atoms with Crippen LogP contribution in [0.4, 0.5) is 5.82 Å². The third kappa shape index (κ3) is 3.49. The van der Waals surface area contributed by atoms with Gasteiger partial charge in [0.25, 0.3) is 0 Å². The Labute approximate surface area is 117 Å². The number of hydrogen-bond donors (Lipinski definition) is 2. The number of nitrogens with zero attached hydrogens (tertiary/aromatic N) is 3. The molecule has 0 atom stereocenters. The number of anilines is 1. The van der Waals surface area contributed by atoms with Crippen molar-refractivity contribution in [3.8, 4) is 0 Å². The summed E-state index contributed by atoms with van der Waals surface area (Å²) in [5, 5.41) is 3.42. The lowest BCUT2D eigenvalue weighted by molar-refractivity contribution is 0.377. The minimum Gasteiger partial charge on any atom is -0.383 e. The molecule has 0 aromatic carbocycles. The molecule has 0 unspecified atom stereocenters. The van der Waals surface area contributed by atoms with Crippen LogP contribution in [0.5, 0.6) is 0 Å². The fraction of sp³-hybridized carbons (Fsp3) is 0.222. The van der Waals surface area contributed by atoms with E-state index in [1.54, 1.807) is 0 Å². The summed E-state index contributed by atoms with van der Waals surface area (Å²) in [6, 6.07) is 1.39. The van der Waals surface area contributed by atoms with Crippen molar-refractivity contribution in [1.82, 2.24) is 19.8 Å². The van der Waals surface area contributed by atoms with Crippen LogP contribution in [0.3, 0.4) is 0 Å². The van der Waals surface area contributed by atoms with E-state index in [9.17, 15) is 8.42 Å². The number of nitrogens with two attached hydrogens (primary N) is 1. The van der Waals surface area contributed by atoms with Crippen LogP contribution in [0.1, 0.15) is 5.89 Å². The lowest BCUT2D eigenvalue weighted by Gasteiger charge is -2.07. The molecule has 0 fully saturated rings. The molecule has 102 valence electrons. The standard InChI is InChI=1S/C9H10BrN5O3S/c10-6-3-7(9(11)12-4-6)19(16,17)15-2-1-8-13-5-14-18-8/h3-5,15H,1-2H2,(H2,11,12). The Morgan fingerprint density at radius 1 is 1.42 bits per heavy atom. The van der Waals surface area contributed by atoms with E-state index in [2.05, 4.69) is 35.8 Å². The van der Waals surface area contributed by atoms with E-state index in [4.69, 9.17) is 10.3 Å². The van der Waals surface area contributed by atoms with Crippen molar-refractivity contribution < 1.29 is 12.9 Å². The molecule has 2 heterocycles. The smallest absolute Gasteiger partial charge is 0.244 e. The summed E-state index contributed by atoms with van der Waals surface area (Å²) >= 11 is 3.14. The molecule has 19 heavy (non-hydrogen) atoms. The van der Waals surface area contributed by atoms with Crippen LogP contribution in [0.25, 0.3) is 0 Å². The Morgan fingerprint density at radius 3 is 2.89 bits per heavy atom. The third-order valence-electron chi connectivity index (χ3n) is 2.18. The van der Waals surface area contributed by atoms with Crippen LogP contribution in [0.15, 0.2) is 32.5 Å². The SMILES string of the molecule is Nc1ncc(Br)cc1S(=O)(=O)NCCc1ncno1. The maximum Gasteiger partial charge on any atom is 0.244 e. The number of hydrogen-bond acceptors (Lipinski definition) is 7. The quantitative estimate of drug-likeness (QED) is 0.798. The number of halogens is 1. The van der Waals surface area contributed by atoms with Crippen LogP contribution in [0.2, 0.25) is 0 Å². The van der Waals surface area contributed by atoms with Gasteiger partial charge in [-0.2, -0.15) is 4.98 Å². The highest BCUT2D eigenvalue weighted by molar-refractivity contribution is 9.10. The summed E-state index contributed by atoms with van der Waals surface area (Å²) in [7, 11) is -3.72. The Balaban J connectivity index is 2.07. The van der Waals surface area contributed by atoms with Gasteiger partial charge >= 0.3 is 0 Å². The molecule has 10 heteroatoms. The molecular formula is C9H10BrN5O3S. The fourth-order valence-corrected chi connectivity index (χ4v) is 2.94. The van der Waals surface area contributed by atoms with Gasteiger partial charge in [0.2, 0.25) is 15.9 Å². The molecule has 0 amide bonds. The van der Waals surface area contributed by atoms with Crippen molar-refractivity contribution in [3.63, 3.8) is 0 Å². The van der Waals surface area contributed by atoms with Gasteiger partial charge in [0.05, 0.1) is 0 Å².